The third kappa shape index (κ3) is 1.35. The van der Waals surface area contributed by atoms with Gasteiger partial charge in [0.25, 0.3) is 0 Å². The first-order valence-corrected chi connectivity index (χ1v) is 8.65. The van der Waals surface area contributed by atoms with Gasteiger partial charge in [0.1, 0.15) is 0 Å². The highest BCUT2D eigenvalue weighted by Gasteiger charge is 2.64. The Kier molecular flexibility index (Phi) is 2.61. The van der Waals surface area contributed by atoms with Crippen molar-refractivity contribution in [3.05, 3.63) is 41.5 Å². The van der Waals surface area contributed by atoms with Gasteiger partial charge in [0.15, 0.2) is 0 Å². The van der Waals surface area contributed by atoms with Crippen LogP contribution < -0.4 is 5.32 Å². The molecule has 3 heteroatoms. The fourth-order valence-corrected chi connectivity index (χ4v) is 6.13. The second kappa shape index (κ2) is 4.36. The predicted octanol–water partition coefficient (Wildman–Crippen LogP) is 2.38. The lowest BCUT2D eigenvalue weighted by Crippen LogP contribution is -2.62. The quantitative estimate of drug-likeness (QED) is 0.781. The van der Waals surface area contributed by atoms with Crippen LogP contribution in [0.2, 0.25) is 0 Å². The first-order chi connectivity index (χ1) is 10.8. The number of nitrogens with one attached hydrogen (secondary N) is 1. The summed E-state index contributed by atoms with van der Waals surface area (Å²) in [7, 11) is 0. The van der Waals surface area contributed by atoms with E-state index in [1.54, 1.807) is 5.57 Å². The second-order valence-corrected chi connectivity index (χ2v) is 7.50. The van der Waals surface area contributed by atoms with Gasteiger partial charge in [-0.05, 0) is 43.9 Å². The average molecular weight is 296 g/mol. The van der Waals surface area contributed by atoms with Crippen molar-refractivity contribution in [1.29, 1.82) is 0 Å². The molecule has 3 nitrogen and oxygen atoms in total. The van der Waals surface area contributed by atoms with Crippen LogP contribution in [-0.4, -0.2) is 41.8 Å². The zero-order valence-corrected chi connectivity index (χ0v) is 13.1. The summed E-state index contributed by atoms with van der Waals surface area (Å²) >= 11 is 0. The molecule has 2 saturated heterocycles. The lowest BCUT2D eigenvalue weighted by atomic mass is 9.56. The molecule has 1 aliphatic carbocycles. The summed E-state index contributed by atoms with van der Waals surface area (Å²) in [6, 6.07) is 9.89. The van der Waals surface area contributed by atoms with Crippen LogP contribution in [0.5, 0.6) is 0 Å². The molecular weight excluding hydrogens is 272 g/mol. The van der Waals surface area contributed by atoms with Gasteiger partial charge in [0.05, 0.1) is 0 Å². The number of allylic oxidation sites excluding steroid dienone is 1. The summed E-state index contributed by atoms with van der Waals surface area (Å²) in [5.74, 6) is 0.893. The zero-order chi connectivity index (χ0) is 14.9. The Labute approximate surface area is 132 Å². The number of aliphatic hydroxyl groups excluding tert-OH is 1. The average Bonchev–Trinajstić information content (AvgIpc) is 3.11. The van der Waals surface area contributed by atoms with E-state index in [9.17, 15) is 5.11 Å². The van der Waals surface area contributed by atoms with E-state index in [2.05, 4.69) is 47.5 Å². The minimum Gasteiger partial charge on any atom is -0.396 e. The molecule has 0 radical (unpaired) electrons. The molecule has 1 aromatic carbocycles. The Morgan fingerprint density at radius 1 is 1.41 bits per heavy atom. The largest absolute Gasteiger partial charge is 0.396 e. The van der Waals surface area contributed by atoms with Crippen LogP contribution in [0.15, 0.2) is 35.9 Å². The minimum absolute atomic E-state index is 0.222. The molecule has 2 bridgehead atoms. The number of piperidine rings is 1. The number of hydrogen-bond acceptors (Lipinski definition) is 3. The van der Waals surface area contributed by atoms with E-state index < -0.39 is 0 Å². The van der Waals surface area contributed by atoms with Gasteiger partial charge < -0.3 is 10.4 Å². The monoisotopic (exact) mass is 296 g/mol. The molecule has 3 aliphatic heterocycles. The van der Waals surface area contributed by atoms with Gasteiger partial charge in [-0.15, -0.1) is 0 Å². The number of fused-ring (bicyclic) bond motifs is 2. The van der Waals surface area contributed by atoms with E-state index in [-0.39, 0.29) is 5.41 Å². The Bertz CT molecular complexity index is 655. The van der Waals surface area contributed by atoms with Gasteiger partial charge in [-0.25, -0.2) is 0 Å². The standard InChI is InChI=1S/C19H24N2O/c1-2-12-10-21-8-7-19-15-5-3-4-6-16(15)20-18(19)14(11-22)13(12)9-17(19)21/h2-6,13-14,17-18,20,22H,7-11H2,1H3/b12-2-/t13-,14+,17-,18-,19?/m0/s1. The van der Waals surface area contributed by atoms with Crippen molar-refractivity contribution in [2.45, 2.75) is 37.3 Å². The summed E-state index contributed by atoms with van der Waals surface area (Å²) in [4.78, 5) is 2.70. The van der Waals surface area contributed by atoms with Crippen LogP contribution in [-0.2, 0) is 5.41 Å². The molecule has 1 unspecified atom stereocenters. The van der Waals surface area contributed by atoms with E-state index in [1.165, 1.54) is 30.6 Å². The molecule has 22 heavy (non-hydrogen) atoms. The lowest BCUT2D eigenvalue weighted by Gasteiger charge is -2.54. The van der Waals surface area contributed by atoms with Crippen molar-refractivity contribution in [3.8, 4) is 0 Å². The molecular formula is C19H24N2O. The summed E-state index contributed by atoms with van der Waals surface area (Å²) in [5, 5.41) is 14.0. The predicted molar refractivity (Wildman–Crippen MR) is 87.9 cm³/mol. The molecule has 4 aliphatic rings. The van der Waals surface area contributed by atoms with E-state index in [0.717, 1.165) is 6.54 Å². The molecule has 116 valence electrons. The topological polar surface area (TPSA) is 35.5 Å². The van der Waals surface area contributed by atoms with Crippen LogP contribution in [0.4, 0.5) is 5.69 Å². The molecule has 5 atom stereocenters. The fraction of sp³-hybridized carbons (Fsp3) is 0.579. The van der Waals surface area contributed by atoms with Gasteiger partial charge in [-0.3, -0.25) is 4.90 Å². The van der Waals surface area contributed by atoms with Crippen LogP contribution in [0, 0.1) is 11.8 Å². The highest BCUT2D eigenvalue weighted by molar-refractivity contribution is 5.65. The number of rotatable bonds is 1. The third-order valence-electron chi connectivity index (χ3n) is 7.01. The Balaban J connectivity index is 1.71. The molecule has 2 N–H and O–H groups in total. The summed E-state index contributed by atoms with van der Waals surface area (Å²) in [6.07, 6.45) is 4.75. The number of nitrogens with zero attached hydrogens (tertiary/aromatic N) is 1. The van der Waals surface area contributed by atoms with E-state index in [0.29, 0.717) is 30.5 Å². The molecule has 5 rings (SSSR count). The van der Waals surface area contributed by atoms with E-state index in [4.69, 9.17) is 0 Å². The van der Waals surface area contributed by atoms with Crippen LogP contribution in [0.3, 0.4) is 0 Å². The summed E-state index contributed by atoms with van der Waals surface area (Å²) < 4.78 is 0. The molecule has 3 heterocycles. The molecule has 1 spiro atoms. The first-order valence-electron chi connectivity index (χ1n) is 8.65. The van der Waals surface area contributed by atoms with E-state index >= 15 is 0 Å². The second-order valence-electron chi connectivity index (χ2n) is 7.50. The minimum atomic E-state index is 0.222. The maximum atomic E-state index is 10.2. The normalized spacial score (nSPS) is 43.8. The Morgan fingerprint density at radius 3 is 3.09 bits per heavy atom. The van der Waals surface area contributed by atoms with Gasteiger partial charge in [0, 0.05) is 42.3 Å². The highest BCUT2D eigenvalue weighted by atomic mass is 16.3. The maximum absolute atomic E-state index is 10.2. The van der Waals surface area contributed by atoms with Crippen molar-refractivity contribution in [1.82, 2.24) is 4.90 Å². The van der Waals surface area contributed by atoms with Gasteiger partial charge in [-0.1, -0.05) is 29.8 Å². The summed E-state index contributed by atoms with van der Waals surface area (Å²) in [5.41, 5.74) is 4.58. The van der Waals surface area contributed by atoms with Crippen LogP contribution in [0.25, 0.3) is 0 Å². The van der Waals surface area contributed by atoms with Crippen LogP contribution in [0.1, 0.15) is 25.3 Å². The first kappa shape index (κ1) is 13.1. The van der Waals surface area contributed by atoms with Gasteiger partial charge in [0.2, 0.25) is 0 Å². The number of benzene rings is 1. The molecule has 1 saturated carbocycles. The number of para-hydroxylation sites is 1. The van der Waals surface area contributed by atoms with Crippen molar-refractivity contribution < 1.29 is 5.11 Å². The lowest BCUT2D eigenvalue weighted by molar-refractivity contribution is 0.0298. The van der Waals surface area contributed by atoms with Crippen molar-refractivity contribution >= 4 is 5.69 Å². The SMILES string of the molecule is C/C=C1/CN2CCC34c5ccccc5N[C@H]3[C@H](CO)[C@H]1C[C@H]24. The fourth-order valence-electron chi connectivity index (χ4n) is 6.13. The highest BCUT2D eigenvalue weighted by Crippen LogP contribution is 2.60. The zero-order valence-electron chi connectivity index (χ0n) is 13.1. The van der Waals surface area contributed by atoms with E-state index in [1.807, 2.05) is 0 Å². The molecule has 1 aromatic rings. The Morgan fingerprint density at radius 2 is 2.27 bits per heavy atom. The van der Waals surface area contributed by atoms with Gasteiger partial charge in [-0.2, -0.15) is 0 Å². The maximum Gasteiger partial charge on any atom is 0.0484 e. The summed E-state index contributed by atoms with van der Waals surface area (Å²) in [6.45, 7) is 4.76. The van der Waals surface area contributed by atoms with Gasteiger partial charge >= 0.3 is 0 Å². The third-order valence-corrected chi connectivity index (χ3v) is 7.01. The van der Waals surface area contributed by atoms with Crippen molar-refractivity contribution in [2.75, 3.05) is 25.0 Å². The van der Waals surface area contributed by atoms with Crippen molar-refractivity contribution in [2.24, 2.45) is 11.8 Å². The van der Waals surface area contributed by atoms with Crippen LogP contribution >= 0.6 is 0 Å². The van der Waals surface area contributed by atoms with Crippen molar-refractivity contribution in [3.63, 3.8) is 0 Å². The molecule has 0 aromatic heterocycles. The molecule has 3 fully saturated rings. The number of hydrogen-bond donors (Lipinski definition) is 2. The number of aliphatic hydroxyl groups is 1. The Hall–Kier alpha value is -1.32. The smallest absolute Gasteiger partial charge is 0.0484 e. The molecule has 0 amide bonds. The number of anilines is 1.